The topological polar surface area (TPSA) is 53.1 Å². The molecule has 0 radical (unpaired) electrons. The summed E-state index contributed by atoms with van der Waals surface area (Å²) in [4.78, 5) is 36.3. The van der Waals surface area contributed by atoms with Crippen LogP contribution in [-0.2, 0) is 21.0 Å². The first-order chi connectivity index (χ1) is 15.5. The summed E-state index contributed by atoms with van der Waals surface area (Å²) < 4.78 is 0. The van der Waals surface area contributed by atoms with Crippen LogP contribution in [-0.4, -0.2) is 36.9 Å². The second kappa shape index (κ2) is 8.13. The SMILES string of the molecule is CN(C)c1ccc([C@H]2[C@H]3C(=O)N(Cc4ccccc4)C(=O)[C@@H]3ON2c2ccccc2)cc1. The smallest absolute Gasteiger partial charge is 0.262 e. The molecule has 3 atom stereocenters. The second-order valence-corrected chi connectivity index (χ2v) is 8.39. The molecule has 162 valence electrons. The van der Waals surface area contributed by atoms with Gasteiger partial charge >= 0.3 is 0 Å². The van der Waals surface area contributed by atoms with E-state index in [4.69, 9.17) is 4.84 Å². The Morgan fingerprint density at radius 3 is 2.06 bits per heavy atom. The van der Waals surface area contributed by atoms with Gasteiger partial charge in [0.2, 0.25) is 5.91 Å². The predicted molar refractivity (Wildman–Crippen MR) is 123 cm³/mol. The van der Waals surface area contributed by atoms with Crippen LogP contribution in [0.25, 0.3) is 0 Å². The Morgan fingerprint density at radius 2 is 1.44 bits per heavy atom. The molecule has 2 aliphatic rings. The zero-order chi connectivity index (χ0) is 22.2. The van der Waals surface area contributed by atoms with Crippen LogP contribution in [0.2, 0.25) is 0 Å². The van der Waals surface area contributed by atoms with E-state index in [1.807, 2.05) is 104 Å². The van der Waals surface area contributed by atoms with Crippen molar-refractivity contribution in [2.45, 2.75) is 18.7 Å². The van der Waals surface area contributed by atoms with E-state index < -0.39 is 18.1 Å². The van der Waals surface area contributed by atoms with Gasteiger partial charge in [-0.1, -0.05) is 60.7 Å². The van der Waals surface area contributed by atoms with Gasteiger partial charge in [0.1, 0.15) is 5.92 Å². The lowest BCUT2D eigenvalue weighted by molar-refractivity contribution is -0.143. The molecule has 32 heavy (non-hydrogen) atoms. The summed E-state index contributed by atoms with van der Waals surface area (Å²) in [5, 5.41) is 1.73. The van der Waals surface area contributed by atoms with Crippen LogP contribution in [0.1, 0.15) is 17.2 Å². The van der Waals surface area contributed by atoms with Gasteiger partial charge in [0.15, 0.2) is 6.10 Å². The quantitative estimate of drug-likeness (QED) is 0.580. The van der Waals surface area contributed by atoms with Crippen LogP contribution < -0.4 is 9.96 Å². The minimum atomic E-state index is -0.829. The minimum absolute atomic E-state index is 0.191. The summed E-state index contributed by atoms with van der Waals surface area (Å²) in [6.45, 7) is 0.256. The lowest BCUT2D eigenvalue weighted by Gasteiger charge is -2.29. The van der Waals surface area contributed by atoms with E-state index >= 15 is 0 Å². The summed E-state index contributed by atoms with van der Waals surface area (Å²) in [7, 11) is 3.97. The normalized spacial score (nSPS) is 22.4. The van der Waals surface area contributed by atoms with Gasteiger partial charge in [0, 0.05) is 19.8 Å². The lowest BCUT2D eigenvalue weighted by Crippen LogP contribution is -2.36. The molecule has 6 nitrogen and oxygen atoms in total. The number of rotatable bonds is 5. The molecule has 2 fully saturated rings. The Hall–Kier alpha value is -3.64. The third-order valence-corrected chi connectivity index (χ3v) is 6.15. The Morgan fingerprint density at radius 1 is 0.812 bits per heavy atom. The molecule has 3 aromatic carbocycles. The van der Waals surface area contributed by atoms with Crippen molar-refractivity contribution in [2.24, 2.45) is 5.92 Å². The standard InChI is InChI=1S/C26H25N3O3/c1-27(2)20-15-13-19(14-16-20)23-22-24(32-29(23)21-11-7-4-8-12-21)26(31)28(25(22)30)17-18-9-5-3-6-10-18/h3-16,22-24H,17H2,1-2H3/t22-,23+,24-/m1/s1. The van der Waals surface area contributed by atoms with Crippen molar-refractivity contribution in [3.05, 3.63) is 96.1 Å². The van der Waals surface area contributed by atoms with Crippen molar-refractivity contribution in [2.75, 3.05) is 24.1 Å². The van der Waals surface area contributed by atoms with E-state index in [2.05, 4.69) is 0 Å². The first-order valence-electron chi connectivity index (χ1n) is 10.7. The van der Waals surface area contributed by atoms with Crippen molar-refractivity contribution in [3.63, 3.8) is 0 Å². The number of fused-ring (bicyclic) bond motifs is 1. The Balaban J connectivity index is 1.51. The molecule has 0 N–H and O–H groups in total. The van der Waals surface area contributed by atoms with Crippen LogP contribution in [0, 0.1) is 5.92 Å². The zero-order valence-electron chi connectivity index (χ0n) is 18.1. The molecule has 2 aliphatic heterocycles. The molecular weight excluding hydrogens is 402 g/mol. The minimum Gasteiger partial charge on any atom is -0.378 e. The average molecular weight is 428 g/mol. The summed E-state index contributed by atoms with van der Waals surface area (Å²) in [5.41, 5.74) is 3.74. The van der Waals surface area contributed by atoms with Gasteiger partial charge in [-0.15, -0.1) is 0 Å². The number of imide groups is 1. The van der Waals surface area contributed by atoms with E-state index in [9.17, 15) is 9.59 Å². The number of likely N-dealkylation sites (tertiary alicyclic amines) is 1. The number of carbonyl (C=O) groups excluding carboxylic acids is 2. The number of benzene rings is 3. The summed E-state index contributed by atoms with van der Waals surface area (Å²) in [6.07, 6.45) is -0.829. The number of nitrogens with zero attached hydrogens (tertiary/aromatic N) is 3. The summed E-state index contributed by atoms with van der Waals surface area (Å²) in [5.74, 6) is -1.07. The predicted octanol–water partition coefficient (Wildman–Crippen LogP) is 3.80. The fourth-order valence-electron chi connectivity index (χ4n) is 4.50. The third-order valence-electron chi connectivity index (χ3n) is 6.15. The number of amides is 2. The van der Waals surface area contributed by atoms with Gasteiger partial charge in [-0.3, -0.25) is 19.3 Å². The van der Waals surface area contributed by atoms with Crippen molar-refractivity contribution < 1.29 is 14.4 Å². The molecule has 0 bridgehead atoms. The fraction of sp³-hybridized carbons (Fsp3) is 0.231. The van der Waals surface area contributed by atoms with Crippen LogP contribution >= 0.6 is 0 Å². The third kappa shape index (κ3) is 3.42. The van der Waals surface area contributed by atoms with E-state index in [1.165, 1.54) is 4.90 Å². The monoisotopic (exact) mass is 427 g/mol. The van der Waals surface area contributed by atoms with Gasteiger partial charge in [0.05, 0.1) is 18.3 Å². The molecule has 3 aromatic rings. The van der Waals surface area contributed by atoms with E-state index in [1.54, 1.807) is 5.06 Å². The van der Waals surface area contributed by atoms with Crippen molar-refractivity contribution in [3.8, 4) is 0 Å². The maximum absolute atomic E-state index is 13.5. The van der Waals surface area contributed by atoms with Gasteiger partial charge < -0.3 is 4.90 Å². The maximum atomic E-state index is 13.5. The maximum Gasteiger partial charge on any atom is 0.262 e. The number of anilines is 2. The van der Waals surface area contributed by atoms with Crippen molar-refractivity contribution in [1.82, 2.24) is 4.90 Å². The number of hydrogen-bond donors (Lipinski definition) is 0. The van der Waals surface area contributed by atoms with E-state index in [-0.39, 0.29) is 18.4 Å². The van der Waals surface area contributed by atoms with E-state index in [0.29, 0.717) is 0 Å². The van der Waals surface area contributed by atoms with Gasteiger partial charge in [-0.05, 0) is 35.4 Å². The summed E-state index contributed by atoms with van der Waals surface area (Å²) in [6, 6.07) is 26.9. The molecule has 2 heterocycles. The van der Waals surface area contributed by atoms with Gasteiger partial charge in [-0.25, -0.2) is 5.06 Å². The highest BCUT2D eigenvalue weighted by atomic mass is 16.7. The number of carbonyl (C=O) groups is 2. The zero-order valence-corrected chi connectivity index (χ0v) is 18.1. The Kier molecular flexibility index (Phi) is 5.15. The van der Waals surface area contributed by atoms with Crippen LogP contribution in [0.5, 0.6) is 0 Å². The lowest BCUT2D eigenvalue weighted by atomic mass is 9.90. The van der Waals surface area contributed by atoms with Crippen LogP contribution in [0.3, 0.4) is 0 Å². The van der Waals surface area contributed by atoms with Crippen LogP contribution in [0.15, 0.2) is 84.9 Å². The average Bonchev–Trinajstić information content (AvgIpc) is 3.32. The number of para-hydroxylation sites is 1. The molecule has 0 aliphatic carbocycles. The number of hydroxylamine groups is 1. The van der Waals surface area contributed by atoms with Crippen LogP contribution in [0.4, 0.5) is 11.4 Å². The molecule has 0 aromatic heterocycles. The van der Waals surface area contributed by atoms with E-state index in [0.717, 1.165) is 22.5 Å². The highest BCUT2D eigenvalue weighted by Gasteiger charge is 2.59. The summed E-state index contributed by atoms with van der Waals surface area (Å²) >= 11 is 0. The van der Waals surface area contributed by atoms with Crippen molar-refractivity contribution >= 4 is 23.2 Å². The van der Waals surface area contributed by atoms with Gasteiger partial charge in [0.25, 0.3) is 5.91 Å². The molecule has 5 rings (SSSR count). The first kappa shape index (κ1) is 20.3. The Bertz CT molecular complexity index is 1120. The second-order valence-electron chi connectivity index (χ2n) is 8.39. The molecule has 2 saturated heterocycles. The first-order valence-corrected chi connectivity index (χ1v) is 10.7. The Labute approximate surface area is 187 Å². The van der Waals surface area contributed by atoms with Gasteiger partial charge in [-0.2, -0.15) is 0 Å². The molecule has 0 spiro atoms. The molecular formula is C26H25N3O3. The highest BCUT2D eigenvalue weighted by molar-refractivity contribution is 6.07. The fourth-order valence-corrected chi connectivity index (χ4v) is 4.50. The molecule has 0 saturated carbocycles. The highest BCUT2D eigenvalue weighted by Crippen LogP contribution is 2.47. The number of hydrogen-bond acceptors (Lipinski definition) is 5. The van der Waals surface area contributed by atoms with Crippen molar-refractivity contribution in [1.29, 1.82) is 0 Å². The molecule has 0 unspecified atom stereocenters. The molecule has 2 amide bonds. The largest absolute Gasteiger partial charge is 0.378 e. The molecule has 6 heteroatoms.